The number of amides is 1. The number of nitrogens with two attached hydrogens (primary N) is 1. The first kappa shape index (κ1) is 15.6. The molecule has 116 valence electrons. The monoisotopic (exact) mass is 293 g/mol. The zero-order valence-corrected chi connectivity index (χ0v) is 12.6. The van der Waals surface area contributed by atoms with Crippen LogP contribution in [-0.2, 0) is 0 Å². The van der Waals surface area contributed by atoms with Crippen LogP contribution in [0.25, 0.3) is 0 Å². The van der Waals surface area contributed by atoms with E-state index in [1.807, 2.05) is 0 Å². The highest BCUT2D eigenvalue weighted by atomic mass is 16.5. The van der Waals surface area contributed by atoms with Gasteiger partial charge in [-0.2, -0.15) is 0 Å². The third-order valence-electron chi connectivity index (χ3n) is 4.02. The zero-order chi connectivity index (χ0) is 15.4. The molecule has 0 aliphatic carbocycles. The predicted octanol–water partition coefficient (Wildman–Crippen LogP) is 0.506. The van der Waals surface area contributed by atoms with Crippen LogP contribution in [0.1, 0.15) is 17.3 Å². The van der Waals surface area contributed by atoms with Gasteiger partial charge in [0.1, 0.15) is 0 Å². The van der Waals surface area contributed by atoms with Crippen LogP contribution >= 0.6 is 0 Å². The van der Waals surface area contributed by atoms with Crippen LogP contribution in [0.2, 0.25) is 0 Å². The molecule has 1 unspecified atom stereocenters. The van der Waals surface area contributed by atoms with E-state index in [9.17, 15) is 9.90 Å². The number of benzene rings is 1. The fourth-order valence-corrected chi connectivity index (χ4v) is 2.54. The standard InChI is InChI=1S/C15H23N3O3/c1-11(10-16)17-6-8-18(9-7-17)15(20)12-4-3-5-13(21-2)14(12)19/h3-5,11,19H,6-10,16H2,1-2H3. The van der Waals surface area contributed by atoms with Crippen LogP contribution < -0.4 is 10.5 Å². The number of carbonyl (C=O) groups excluding carboxylic acids is 1. The molecule has 1 fully saturated rings. The molecule has 0 aromatic heterocycles. The van der Waals surface area contributed by atoms with Gasteiger partial charge in [-0.05, 0) is 19.1 Å². The minimum atomic E-state index is -0.161. The summed E-state index contributed by atoms with van der Waals surface area (Å²) in [6.45, 7) is 5.58. The third-order valence-corrected chi connectivity index (χ3v) is 4.02. The van der Waals surface area contributed by atoms with Gasteiger partial charge in [-0.1, -0.05) is 6.07 Å². The van der Waals surface area contributed by atoms with Crippen molar-refractivity contribution < 1.29 is 14.6 Å². The van der Waals surface area contributed by atoms with Gasteiger partial charge in [0.2, 0.25) is 0 Å². The minimum absolute atomic E-state index is 0.0947. The third kappa shape index (κ3) is 3.28. The normalized spacial score (nSPS) is 17.6. The van der Waals surface area contributed by atoms with E-state index in [1.165, 1.54) is 7.11 Å². The van der Waals surface area contributed by atoms with Crippen molar-refractivity contribution in [2.75, 3.05) is 39.8 Å². The fraction of sp³-hybridized carbons (Fsp3) is 0.533. The summed E-state index contributed by atoms with van der Waals surface area (Å²) in [4.78, 5) is 16.5. The van der Waals surface area contributed by atoms with Crippen molar-refractivity contribution in [1.29, 1.82) is 0 Å². The average molecular weight is 293 g/mol. The van der Waals surface area contributed by atoms with Gasteiger partial charge in [0.05, 0.1) is 12.7 Å². The van der Waals surface area contributed by atoms with Crippen LogP contribution in [0.5, 0.6) is 11.5 Å². The first-order chi connectivity index (χ1) is 10.1. The van der Waals surface area contributed by atoms with Crippen LogP contribution in [0.4, 0.5) is 0 Å². The Labute approximate surface area is 125 Å². The summed E-state index contributed by atoms with van der Waals surface area (Å²) in [7, 11) is 1.47. The van der Waals surface area contributed by atoms with Crippen molar-refractivity contribution in [2.45, 2.75) is 13.0 Å². The molecule has 21 heavy (non-hydrogen) atoms. The molecule has 3 N–H and O–H groups in total. The number of ether oxygens (including phenoxy) is 1. The highest BCUT2D eigenvalue weighted by molar-refractivity contribution is 5.97. The lowest BCUT2D eigenvalue weighted by Gasteiger charge is -2.37. The Morgan fingerprint density at radius 3 is 2.62 bits per heavy atom. The van der Waals surface area contributed by atoms with Crippen LogP contribution in [0.15, 0.2) is 18.2 Å². The Balaban J connectivity index is 2.06. The van der Waals surface area contributed by atoms with Crippen molar-refractivity contribution in [2.24, 2.45) is 5.73 Å². The zero-order valence-electron chi connectivity index (χ0n) is 12.6. The Morgan fingerprint density at radius 2 is 2.05 bits per heavy atom. The number of hydrogen-bond donors (Lipinski definition) is 2. The maximum atomic E-state index is 12.5. The summed E-state index contributed by atoms with van der Waals surface area (Å²) in [6, 6.07) is 5.29. The van der Waals surface area contributed by atoms with Gasteiger partial charge in [0.15, 0.2) is 11.5 Å². The second-order valence-electron chi connectivity index (χ2n) is 5.27. The summed E-state index contributed by atoms with van der Waals surface area (Å²) in [5.74, 6) is 0.0606. The SMILES string of the molecule is COc1cccc(C(=O)N2CCN(C(C)CN)CC2)c1O. The highest BCUT2D eigenvalue weighted by Crippen LogP contribution is 2.30. The molecule has 6 heteroatoms. The van der Waals surface area contributed by atoms with E-state index in [4.69, 9.17) is 10.5 Å². The van der Waals surface area contributed by atoms with Crippen molar-refractivity contribution in [1.82, 2.24) is 9.80 Å². The molecule has 6 nitrogen and oxygen atoms in total. The van der Waals surface area contributed by atoms with E-state index in [-0.39, 0.29) is 17.2 Å². The van der Waals surface area contributed by atoms with Gasteiger partial charge in [0.25, 0.3) is 5.91 Å². The first-order valence-electron chi connectivity index (χ1n) is 7.17. The summed E-state index contributed by atoms with van der Waals surface area (Å²) >= 11 is 0. The van der Waals surface area contributed by atoms with E-state index >= 15 is 0 Å². The predicted molar refractivity (Wildman–Crippen MR) is 80.7 cm³/mol. The molecule has 1 aliphatic heterocycles. The molecule has 1 aromatic carbocycles. The number of carbonyl (C=O) groups is 1. The van der Waals surface area contributed by atoms with Crippen LogP contribution in [0, 0.1) is 0 Å². The molecule has 1 saturated heterocycles. The quantitative estimate of drug-likeness (QED) is 0.845. The van der Waals surface area contributed by atoms with E-state index in [0.717, 1.165) is 13.1 Å². The summed E-state index contributed by atoms with van der Waals surface area (Å²) in [6.07, 6.45) is 0. The number of methoxy groups -OCH3 is 1. The maximum absolute atomic E-state index is 12.5. The van der Waals surface area contributed by atoms with Crippen molar-refractivity contribution in [3.63, 3.8) is 0 Å². The molecular formula is C15H23N3O3. The van der Waals surface area contributed by atoms with E-state index < -0.39 is 0 Å². The van der Waals surface area contributed by atoms with E-state index in [2.05, 4.69) is 11.8 Å². The molecule has 1 aliphatic rings. The molecule has 0 spiro atoms. The molecule has 0 saturated carbocycles. The first-order valence-corrected chi connectivity index (χ1v) is 7.17. The van der Waals surface area contributed by atoms with Gasteiger partial charge in [0, 0.05) is 38.8 Å². The summed E-state index contributed by atoms with van der Waals surface area (Å²) in [5, 5.41) is 10.1. The Kier molecular flexibility index (Phi) is 5.03. The van der Waals surface area contributed by atoms with Crippen molar-refractivity contribution >= 4 is 5.91 Å². The van der Waals surface area contributed by atoms with Gasteiger partial charge < -0.3 is 20.5 Å². The number of aromatic hydroxyl groups is 1. The van der Waals surface area contributed by atoms with Crippen LogP contribution in [0.3, 0.4) is 0 Å². The lowest BCUT2D eigenvalue weighted by molar-refractivity contribution is 0.0585. The number of piperazine rings is 1. The largest absolute Gasteiger partial charge is 0.504 e. The average Bonchev–Trinajstić information content (AvgIpc) is 2.54. The molecule has 1 heterocycles. The minimum Gasteiger partial charge on any atom is -0.504 e. The number of phenolic OH excluding ortho intramolecular Hbond substituents is 1. The van der Waals surface area contributed by atoms with Gasteiger partial charge in [-0.25, -0.2) is 0 Å². The lowest BCUT2D eigenvalue weighted by Crippen LogP contribution is -2.52. The number of nitrogens with zero attached hydrogens (tertiary/aromatic N) is 2. The lowest BCUT2D eigenvalue weighted by atomic mass is 10.1. The molecular weight excluding hydrogens is 270 g/mol. The van der Waals surface area contributed by atoms with Gasteiger partial charge >= 0.3 is 0 Å². The Bertz CT molecular complexity index is 499. The van der Waals surface area contributed by atoms with Gasteiger partial charge in [-0.3, -0.25) is 9.69 Å². The molecule has 2 rings (SSSR count). The Hall–Kier alpha value is -1.79. The molecule has 1 atom stereocenters. The Morgan fingerprint density at radius 1 is 1.38 bits per heavy atom. The highest BCUT2D eigenvalue weighted by Gasteiger charge is 2.26. The van der Waals surface area contributed by atoms with Crippen LogP contribution in [-0.4, -0.2) is 66.7 Å². The maximum Gasteiger partial charge on any atom is 0.257 e. The molecule has 1 aromatic rings. The number of phenols is 1. The van der Waals surface area contributed by atoms with Crippen molar-refractivity contribution in [3.8, 4) is 11.5 Å². The van der Waals surface area contributed by atoms with Crippen molar-refractivity contribution in [3.05, 3.63) is 23.8 Å². The number of para-hydroxylation sites is 1. The smallest absolute Gasteiger partial charge is 0.257 e. The topological polar surface area (TPSA) is 79.0 Å². The number of hydrogen-bond acceptors (Lipinski definition) is 5. The van der Waals surface area contributed by atoms with Gasteiger partial charge in [-0.15, -0.1) is 0 Å². The number of rotatable bonds is 4. The second kappa shape index (κ2) is 6.78. The second-order valence-corrected chi connectivity index (χ2v) is 5.27. The summed E-state index contributed by atoms with van der Waals surface area (Å²) in [5.41, 5.74) is 5.96. The molecule has 0 radical (unpaired) electrons. The van der Waals surface area contributed by atoms with E-state index in [1.54, 1.807) is 23.1 Å². The van der Waals surface area contributed by atoms with E-state index in [0.29, 0.717) is 31.4 Å². The molecule has 1 amide bonds. The molecule has 0 bridgehead atoms. The summed E-state index contributed by atoms with van der Waals surface area (Å²) < 4.78 is 5.04. The fourth-order valence-electron chi connectivity index (χ4n) is 2.54.